The first-order chi connectivity index (χ1) is 15.9. The second-order valence-corrected chi connectivity index (χ2v) is 6.32. The number of hydrogen-bond acceptors (Lipinski definition) is 5. The lowest BCUT2D eigenvalue weighted by atomic mass is 10.2. The quantitative estimate of drug-likeness (QED) is 0.619. The van der Waals surface area contributed by atoms with Gasteiger partial charge in [0.05, 0.1) is 48.1 Å². The zero-order valence-electron chi connectivity index (χ0n) is 22.4. The smallest absolute Gasteiger partial charge is 0.197 e. The Morgan fingerprint density at radius 2 is 2.20 bits per heavy atom. The molecule has 0 saturated carbocycles. The van der Waals surface area contributed by atoms with E-state index >= 15 is 0 Å². The maximum absolute atomic E-state index is 13.1. The Bertz CT molecular complexity index is 1220. The molecular weight excluding hydrogens is 338 g/mol. The van der Waals surface area contributed by atoms with Gasteiger partial charge in [0.1, 0.15) is 5.75 Å². The third-order valence-electron chi connectivity index (χ3n) is 3.21. The molecule has 0 aliphatic rings. The summed E-state index contributed by atoms with van der Waals surface area (Å²) in [5.74, 6) is -0.844. The molecule has 6 nitrogen and oxygen atoms in total. The van der Waals surface area contributed by atoms with E-state index in [-0.39, 0.29) is 40.3 Å². The van der Waals surface area contributed by atoms with Crippen LogP contribution in [0.3, 0.4) is 0 Å². The van der Waals surface area contributed by atoms with Crippen molar-refractivity contribution in [2.75, 3.05) is 20.3 Å². The topological polar surface area (TPSA) is 77.1 Å². The molecule has 25 heavy (non-hydrogen) atoms. The molecule has 1 N–H and O–H groups in total. The molecule has 1 atom stereocenters. The van der Waals surface area contributed by atoms with Gasteiger partial charge in [-0.2, -0.15) is 0 Å². The summed E-state index contributed by atoms with van der Waals surface area (Å²) in [5, 5.41) is -0.204. The standard InChI is InChI=1S/C18H21N3O3S/c1-13-16(19-9-8-17(13)24-11-5-10-23-2)12-25(22)18-20-14-6-3-4-7-15(14)21-18/h3-4,6-9H,5,10-12H2,1-2H3,(H,20,21)/i1D3,3D,4D,6D,7D,8D,9D. The molecule has 0 spiro atoms. The number of imidazole rings is 1. The summed E-state index contributed by atoms with van der Waals surface area (Å²) >= 11 is 0. The van der Waals surface area contributed by atoms with Crippen LogP contribution in [0.1, 0.15) is 30.0 Å². The first kappa shape index (κ1) is 9.45. The predicted molar refractivity (Wildman–Crippen MR) is 97.2 cm³/mol. The van der Waals surface area contributed by atoms with Crippen molar-refractivity contribution in [1.82, 2.24) is 15.0 Å². The molecule has 132 valence electrons. The molecule has 0 amide bonds. The highest BCUT2D eigenvalue weighted by molar-refractivity contribution is 7.84. The molecule has 7 heteroatoms. The van der Waals surface area contributed by atoms with E-state index in [2.05, 4.69) is 15.0 Å². The van der Waals surface area contributed by atoms with Gasteiger partial charge in [-0.25, -0.2) is 4.98 Å². The highest BCUT2D eigenvalue weighted by Gasteiger charge is 2.14. The lowest BCUT2D eigenvalue weighted by Crippen LogP contribution is -2.06. The summed E-state index contributed by atoms with van der Waals surface area (Å²) in [6, 6.07) is -2.27. The van der Waals surface area contributed by atoms with Crippen LogP contribution in [0.15, 0.2) is 41.5 Å². The summed E-state index contributed by atoms with van der Waals surface area (Å²) in [7, 11) is -0.569. The molecule has 2 aromatic heterocycles. The van der Waals surface area contributed by atoms with Gasteiger partial charge in [0.2, 0.25) is 0 Å². The number of aromatic amines is 1. The summed E-state index contributed by atoms with van der Waals surface area (Å²) in [6.45, 7) is -2.42. The van der Waals surface area contributed by atoms with Crippen molar-refractivity contribution in [2.24, 2.45) is 0 Å². The minimum absolute atomic E-state index is 0.0296. The Morgan fingerprint density at radius 1 is 1.32 bits per heavy atom. The van der Waals surface area contributed by atoms with Crippen molar-refractivity contribution in [2.45, 2.75) is 24.2 Å². The monoisotopic (exact) mass is 368 g/mol. The number of hydrogen-bond donors (Lipinski definition) is 1. The van der Waals surface area contributed by atoms with Crippen LogP contribution in [0, 0.1) is 6.85 Å². The van der Waals surface area contributed by atoms with Crippen LogP contribution in [0.5, 0.6) is 5.75 Å². The first-order valence-corrected chi connectivity index (χ1v) is 8.67. The van der Waals surface area contributed by atoms with E-state index < -0.39 is 59.3 Å². The molecule has 1 aromatic carbocycles. The molecule has 0 bridgehead atoms. The fourth-order valence-electron chi connectivity index (χ4n) is 2.00. The van der Waals surface area contributed by atoms with Gasteiger partial charge in [0.15, 0.2) is 5.16 Å². The summed E-state index contributed by atoms with van der Waals surface area (Å²) in [5.41, 5.74) is -0.813. The molecule has 3 rings (SSSR count). The van der Waals surface area contributed by atoms with Crippen molar-refractivity contribution in [3.8, 4) is 5.75 Å². The number of fused-ring (bicyclic) bond motifs is 1. The summed E-state index contributed by atoms with van der Waals surface area (Å²) in [4.78, 5) is 10.5. The molecule has 0 aliphatic heterocycles. The maximum Gasteiger partial charge on any atom is 0.197 e. The van der Waals surface area contributed by atoms with Crippen molar-refractivity contribution in [1.29, 1.82) is 0 Å². The van der Waals surface area contributed by atoms with Crippen LogP contribution >= 0.6 is 0 Å². The van der Waals surface area contributed by atoms with Gasteiger partial charge in [-0.05, 0) is 25.0 Å². The van der Waals surface area contributed by atoms with E-state index in [4.69, 9.17) is 21.8 Å². The average Bonchev–Trinajstić information content (AvgIpc) is 3.22. The van der Waals surface area contributed by atoms with Gasteiger partial charge in [-0.15, -0.1) is 0 Å². The van der Waals surface area contributed by atoms with Crippen molar-refractivity contribution < 1.29 is 26.0 Å². The third-order valence-corrected chi connectivity index (χ3v) is 4.37. The van der Waals surface area contributed by atoms with Crippen LogP contribution in [0.4, 0.5) is 0 Å². The number of ether oxygens (including phenoxy) is 2. The zero-order valence-corrected chi connectivity index (χ0v) is 14.2. The second-order valence-electron chi connectivity index (χ2n) is 4.95. The average molecular weight is 369 g/mol. The minimum atomic E-state index is -2.79. The largest absolute Gasteiger partial charge is 0.493 e. The van der Waals surface area contributed by atoms with Gasteiger partial charge in [0.25, 0.3) is 0 Å². The predicted octanol–water partition coefficient (Wildman–Crippen LogP) is 2.99. The molecule has 0 fully saturated rings. The Balaban J connectivity index is 2.05. The molecule has 1 unspecified atom stereocenters. The number of rotatable bonds is 8. The van der Waals surface area contributed by atoms with E-state index in [1.807, 2.05) is 0 Å². The van der Waals surface area contributed by atoms with E-state index in [1.54, 1.807) is 0 Å². The second kappa shape index (κ2) is 8.22. The Labute approximate surface area is 161 Å². The third kappa shape index (κ3) is 4.24. The van der Waals surface area contributed by atoms with Gasteiger partial charge in [-0.1, -0.05) is 12.1 Å². The fourth-order valence-corrected chi connectivity index (χ4v) is 3.01. The van der Waals surface area contributed by atoms with Crippen LogP contribution in [0.25, 0.3) is 11.0 Å². The Hall–Kier alpha value is -2.25. The van der Waals surface area contributed by atoms with E-state index in [0.717, 1.165) is 0 Å². The van der Waals surface area contributed by atoms with Crippen molar-refractivity contribution in [3.05, 3.63) is 47.6 Å². The molecule has 0 radical (unpaired) electrons. The lowest BCUT2D eigenvalue weighted by molar-refractivity contribution is 0.172. The number of nitrogens with zero attached hydrogens (tertiary/aromatic N) is 2. The highest BCUT2D eigenvalue weighted by Crippen LogP contribution is 2.22. The number of pyridine rings is 1. The Kier molecular flexibility index (Phi) is 3.11. The minimum Gasteiger partial charge on any atom is -0.493 e. The number of H-pyrrole nitrogens is 1. The van der Waals surface area contributed by atoms with Gasteiger partial charge < -0.3 is 14.5 Å². The Morgan fingerprint density at radius 3 is 3.04 bits per heavy atom. The highest BCUT2D eigenvalue weighted by atomic mass is 32.2. The number of nitrogens with one attached hydrogen (secondary N) is 1. The first-order valence-electron chi connectivity index (χ1n) is 11.8. The van der Waals surface area contributed by atoms with Crippen molar-refractivity contribution >= 4 is 21.8 Å². The fraction of sp³-hybridized carbons (Fsp3) is 0.333. The molecule has 0 aliphatic carbocycles. The van der Waals surface area contributed by atoms with E-state index in [1.165, 1.54) is 7.11 Å². The molecular formula is C18H21N3O3S. The van der Waals surface area contributed by atoms with Gasteiger partial charge in [-0.3, -0.25) is 9.19 Å². The lowest BCUT2D eigenvalue weighted by Gasteiger charge is -2.11. The molecule has 0 saturated heterocycles. The van der Waals surface area contributed by atoms with Crippen LogP contribution < -0.4 is 4.74 Å². The number of methoxy groups -OCH3 is 1. The molecule has 2 heterocycles. The van der Waals surface area contributed by atoms with Gasteiger partial charge >= 0.3 is 0 Å². The van der Waals surface area contributed by atoms with E-state index in [9.17, 15) is 4.21 Å². The van der Waals surface area contributed by atoms with Crippen LogP contribution in [0.2, 0.25) is 0 Å². The molecule has 3 aromatic rings. The number of aromatic nitrogens is 3. The number of para-hydroxylation sites is 2. The zero-order chi connectivity index (χ0) is 25.4. The summed E-state index contributed by atoms with van der Waals surface area (Å²) in [6.07, 6.45) is -0.140. The number of benzene rings is 1. The van der Waals surface area contributed by atoms with Crippen LogP contribution in [-0.2, 0) is 21.3 Å². The van der Waals surface area contributed by atoms with E-state index in [0.29, 0.717) is 13.0 Å². The maximum atomic E-state index is 13.1. The van der Waals surface area contributed by atoms with Crippen LogP contribution in [-0.4, -0.2) is 39.5 Å². The van der Waals surface area contributed by atoms with Crippen molar-refractivity contribution in [3.63, 3.8) is 0 Å². The van der Waals surface area contributed by atoms with Gasteiger partial charge in [0, 0.05) is 36.0 Å². The summed E-state index contributed by atoms with van der Waals surface area (Å²) < 4.78 is 94.7. The normalized spacial score (nSPS) is 18.0. The SMILES string of the molecule is [2H]c1nc(CS(=O)c2nc3c([2H])c([2H])c([2H])c([2H])c3[nH]2)c(C([2H])([2H])[2H])c(OCCCOC)c1[2H].